The Morgan fingerprint density at radius 3 is 3.16 bits per heavy atom. The summed E-state index contributed by atoms with van der Waals surface area (Å²) in [6.07, 6.45) is 6.01. The van der Waals surface area contributed by atoms with E-state index in [0.29, 0.717) is 0 Å². The summed E-state index contributed by atoms with van der Waals surface area (Å²) in [5.41, 5.74) is 4.88. The number of aryl methyl sites for hydroxylation is 1. The Bertz CT molecular complexity index is 715. The van der Waals surface area contributed by atoms with Crippen LogP contribution in [0, 0.1) is 0 Å². The number of rotatable bonds is 1. The van der Waals surface area contributed by atoms with Crippen molar-refractivity contribution >= 4 is 27.2 Å². The molecule has 1 aliphatic heterocycles. The Morgan fingerprint density at radius 1 is 1.21 bits per heavy atom. The van der Waals surface area contributed by atoms with E-state index in [1.165, 1.54) is 27.9 Å². The van der Waals surface area contributed by atoms with Gasteiger partial charge in [0, 0.05) is 24.0 Å². The Balaban J connectivity index is 1.83. The van der Waals surface area contributed by atoms with E-state index in [1.807, 2.05) is 18.5 Å². The molecule has 0 atom stereocenters. The molecule has 3 heterocycles. The normalized spacial score (nSPS) is 14.1. The number of anilines is 1. The van der Waals surface area contributed by atoms with Gasteiger partial charge >= 0.3 is 0 Å². The van der Waals surface area contributed by atoms with Gasteiger partial charge in [-0.05, 0) is 42.7 Å². The Morgan fingerprint density at radius 2 is 2.21 bits per heavy atom. The van der Waals surface area contributed by atoms with Crippen LogP contribution in [0.15, 0.2) is 36.7 Å². The maximum atomic E-state index is 4.67. The average molecular weight is 267 g/mol. The van der Waals surface area contributed by atoms with Crippen LogP contribution in [0.2, 0.25) is 0 Å². The number of nitrogens with one attached hydrogen (secondary N) is 1. The van der Waals surface area contributed by atoms with Gasteiger partial charge in [0.15, 0.2) is 0 Å². The molecule has 4 rings (SSSR count). The Hall–Kier alpha value is -1.94. The molecule has 3 nitrogen and oxygen atoms in total. The third-order valence-corrected chi connectivity index (χ3v) is 4.57. The summed E-state index contributed by atoms with van der Waals surface area (Å²) in [6.45, 7) is 1.08. The van der Waals surface area contributed by atoms with Crippen LogP contribution in [-0.2, 0) is 6.42 Å². The monoisotopic (exact) mass is 267 g/mol. The number of hydrogen-bond acceptors (Lipinski definition) is 4. The molecular weight excluding hydrogens is 254 g/mol. The van der Waals surface area contributed by atoms with Crippen molar-refractivity contribution in [2.45, 2.75) is 12.8 Å². The number of benzene rings is 1. The standard InChI is InChI=1S/C15H13N3S/c1-2-10-8-11(3-4-12(10)17-6-1)15-18-13-9-16-7-5-14(13)19-15/h3-5,7-9,17H,1-2,6H2. The lowest BCUT2D eigenvalue weighted by Crippen LogP contribution is -2.11. The lowest BCUT2D eigenvalue weighted by atomic mass is 10.0. The van der Waals surface area contributed by atoms with Crippen LogP contribution in [0.4, 0.5) is 5.69 Å². The summed E-state index contributed by atoms with van der Waals surface area (Å²) in [4.78, 5) is 8.79. The molecule has 0 amide bonds. The highest BCUT2D eigenvalue weighted by Gasteiger charge is 2.11. The number of hydrogen-bond donors (Lipinski definition) is 1. The zero-order valence-electron chi connectivity index (χ0n) is 10.4. The van der Waals surface area contributed by atoms with E-state index in [9.17, 15) is 0 Å². The summed E-state index contributed by atoms with van der Waals surface area (Å²) in [5.74, 6) is 0. The zero-order valence-corrected chi connectivity index (χ0v) is 11.2. The third-order valence-electron chi connectivity index (χ3n) is 3.48. The first kappa shape index (κ1) is 10.9. The average Bonchev–Trinajstić information content (AvgIpc) is 2.90. The van der Waals surface area contributed by atoms with Crippen LogP contribution >= 0.6 is 11.3 Å². The van der Waals surface area contributed by atoms with Crippen LogP contribution < -0.4 is 5.32 Å². The highest BCUT2D eigenvalue weighted by atomic mass is 32.1. The van der Waals surface area contributed by atoms with Crippen LogP contribution in [0.3, 0.4) is 0 Å². The molecule has 3 aromatic rings. The van der Waals surface area contributed by atoms with Gasteiger partial charge in [-0.1, -0.05) is 0 Å². The summed E-state index contributed by atoms with van der Waals surface area (Å²) in [6, 6.07) is 8.62. The first-order chi connectivity index (χ1) is 9.40. The molecule has 1 aromatic carbocycles. The van der Waals surface area contributed by atoms with Gasteiger partial charge < -0.3 is 5.32 Å². The molecule has 0 bridgehead atoms. The number of nitrogens with zero attached hydrogens (tertiary/aromatic N) is 2. The third kappa shape index (κ3) is 1.88. The van der Waals surface area contributed by atoms with Gasteiger partial charge in [-0.15, -0.1) is 11.3 Å². The molecule has 1 N–H and O–H groups in total. The predicted molar refractivity (Wildman–Crippen MR) is 79.7 cm³/mol. The van der Waals surface area contributed by atoms with Crippen molar-refractivity contribution in [3.63, 3.8) is 0 Å². The van der Waals surface area contributed by atoms with E-state index in [1.54, 1.807) is 11.3 Å². The molecule has 0 spiro atoms. The van der Waals surface area contributed by atoms with E-state index in [4.69, 9.17) is 0 Å². The minimum absolute atomic E-state index is 0.985. The first-order valence-electron chi connectivity index (χ1n) is 6.48. The number of thiazole rings is 1. The van der Waals surface area contributed by atoms with Crippen molar-refractivity contribution < 1.29 is 0 Å². The van der Waals surface area contributed by atoms with E-state index >= 15 is 0 Å². The SMILES string of the molecule is c1cc2sc(-c3ccc4c(c3)CCCN4)nc2cn1. The quantitative estimate of drug-likeness (QED) is 0.730. The maximum Gasteiger partial charge on any atom is 0.124 e. The fourth-order valence-corrected chi connectivity index (χ4v) is 3.44. The molecule has 0 radical (unpaired) electrons. The largest absolute Gasteiger partial charge is 0.385 e. The maximum absolute atomic E-state index is 4.67. The molecule has 0 fully saturated rings. The van der Waals surface area contributed by atoms with E-state index < -0.39 is 0 Å². The topological polar surface area (TPSA) is 37.8 Å². The van der Waals surface area contributed by atoms with Gasteiger partial charge in [0.05, 0.1) is 10.9 Å². The van der Waals surface area contributed by atoms with Crippen molar-refractivity contribution in [3.8, 4) is 10.6 Å². The fourth-order valence-electron chi connectivity index (χ4n) is 2.51. The summed E-state index contributed by atoms with van der Waals surface area (Å²) >= 11 is 1.73. The second-order valence-corrected chi connectivity index (χ2v) is 5.80. The minimum Gasteiger partial charge on any atom is -0.385 e. The molecule has 0 saturated carbocycles. The minimum atomic E-state index is 0.985. The smallest absolute Gasteiger partial charge is 0.124 e. The van der Waals surface area contributed by atoms with Gasteiger partial charge in [0.1, 0.15) is 10.5 Å². The van der Waals surface area contributed by atoms with Crippen LogP contribution in [0.25, 0.3) is 20.8 Å². The van der Waals surface area contributed by atoms with Crippen LogP contribution in [0.1, 0.15) is 12.0 Å². The van der Waals surface area contributed by atoms with Gasteiger partial charge in [-0.2, -0.15) is 0 Å². The molecule has 1 aliphatic rings. The fraction of sp³-hybridized carbons (Fsp3) is 0.200. The van der Waals surface area contributed by atoms with Gasteiger partial charge in [0.2, 0.25) is 0 Å². The molecule has 0 saturated heterocycles. The first-order valence-corrected chi connectivity index (χ1v) is 7.29. The second kappa shape index (κ2) is 4.31. The number of pyridine rings is 1. The lowest BCUT2D eigenvalue weighted by molar-refractivity contribution is 0.830. The van der Waals surface area contributed by atoms with Crippen molar-refractivity contribution in [1.82, 2.24) is 9.97 Å². The van der Waals surface area contributed by atoms with Gasteiger partial charge in [0.25, 0.3) is 0 Å². The van der Waals surface area contributed by atoms with Gasteiger partial charge in [-0.25, -0.2) is 4.98 Å². The number of aromatic nitrogens is 2. The van der Waals surface area contributed by atoms with E-state index in [-0.39, 0.29) is 0 Å². The zero-order chi connectivity index (χ0) is 12.7. The van der Waals surface area contributed by atoms with Crippen molar-refractivity contribution in [1.29, 1.82) is 0 Å². The van der Waals surface area contributed by atoms with Crippen molar-refractivity contribution in [2.75, 3.05) is 11.9 Å². The van der Waals surface area contributed by atoms with Crippen LogP contribution in [-0.4, -0.2) is 16.5 Å². The lowest BCUT2D eigenvalue weighted by Gasteiger charge is -2.18. The molecule has 94 valence electrons. The van der Waals surface area contributed by atoms with Crippen LogP contribution in [0.5, 0.6) is 0 Å². The van der Waals surface area contributed by atoms with Crippen molar-refractivity contribution in [2.24, 2.45) is 0 Å². The van der Waals surface area contributed by atoms with E-state index in [0.717, 1.165) is 23.5 Å². The van der Waals surface area contributed by atoms with Crippen molar-refractivity contribution in [3.05, 3.63) is 42.2 Å². The Kier molecular flexibility index (Phi) is 2.48. The summed E-state index contributed by atoms with van der Waals surface area (Å²) in [7, 11) is 0. The highest BCUT2D eigenvalue weighted by Crippen LogP contribution is 2.32. The molecule has 19 heavy (non-hydrogen) atoms. The molecule has 2 aromatic heterocycles. The highest BCUT2D eigenvalue weighted by molar-refractivity contribution is 7.21. The summed E-state index contributed by atoms with van der Waals surface area (Å²) in [5, 5.41) is 4.52. The second-order valence-electron chi connectivity index (χ2n) is 4.76. The molecule has 0 unspecified atom stereocenters. The molecule has 4 heteroatoms. The predicted octanol–water partition coefficient (Wildman–Crippen LogP) is 3.72. The molecular formula is C15H13N3S. The van der Waals surface area contributed by atoms with Gasteiger partial charge in [-0.3, -0.25) is 4.98 Å². The van der Waals surface area contributed by atoms with E-state index in [2.05, 4.69) is 33.5 Å². The number of fused-ring (bicyclic) bond motifs is 2. The molecule has 0 aliphatic carbocycles. The Labute approximate surface area is 115 Å². The summed E-state index contributed by atoms with van der Waals surface area (Å²) < 4.78 is 1.20.